The average Bonchev–Trinajstić information content (AvgIpc) is 2.62. The fourth-order valence-electron chi connectivity index (χ4n) is 2.26. The molecule has 0 heterocycles. The molecule has 0 saturated heterocycles. The monoisotopic (exact) mass is 261 g/mol. The molecule has 98 valence electrons. The molecule has 6 nitrogen and oxygen atoms in total. The second kappa shape index (κ2) is 4.72. The van der Waals surface area contributed by atoms with Crippen molar-refractivity contribution < 1.29 is 19.3 Å². The van der Waals surface area contributed by atoms with Crippen LogP contribution in [-0.2, 0) is 4.79 Å². The third-order valence-corrected chi connectivity index (χ3v) is 3.09. The number of nitrogens with zero attached hydrogens (tertiary/aromatic N) is 1. The number of rotatable bonds is 4. The lowest BCUT2D eigenvalue weighted by Gasteiger charge is -2.03. The number of carbonyl (C=O) groups is 3. The highest BCUT2D eigenvalue weighted by molar-refractivity contribution is 6.36. The Morgan fingerprint density at radius 3 is 2.58 bits per heavy atom. The summed E-state index contributed by atoms with van der Waals surface area (Å²) in [6.45, 7) is 1.76. The minimum atomic E-state index is -1.39. The molecule has 6 heteroatoms. The van der Waals surface area contributed by atoms with Crippen molar-refractivity contribution in [2.45, 2.75) is 19.8 Å². The molecule has 0 spiro atoms. The Bertz CT molecular complexity index is 605. The van der Waals surface area contributed by atoms with Gasteiger partial charge in [0.15, 0.2) is 17.3 Å². The Morgan fingerprint density at radius 1 is 1.32 bits per heavy atom. The number of ketones is 3. The van der Waals surface area contributed by atoms with Crippen LogP contribution in [0.4, 0.5) is 5.69 Å². The molecule has 0 aromatic heterocycles. The van der Waals surface area contributed by atoms with Gasteiger partial charge in [-0.15, -0.1) is 0 Å². The fraction of sp³-hybridized carbons (Fsp3) is 0.308. The van der Waals surface area contributed by atoms with Crippen molar-refractivity contribution in [3.63, 3.8) is 0 Å². The third kappa shape index (κ3) is 1.95. The van der Waals surface area contributed by atoms with Crippen LogP contribution >= 0.6 is 0 Å². The molecule has 0 aliphatic heterocycles. The summed E-state index contributed by atoms with van der Waals surface area (Å²) < 4.78 is 0. The summed E-state index contributed by atoms with van der Waals surface area (Å²) in [5, 5.41) is 10.9. The first-order valence-corrected chi connectivity index (χ1v) is 5.87. The summed E-state index contributed by atoms with van der Waals surface area (Å²) in [5.41, 5.74) is -0.664. The second-order valence-corrected chi connectivity index (χ2v) is 4.33. The van der Waals surface area contributed by atoms with E-state index in [4.69, 9.17) is 0 Å². The van der Waals surface area contributed by atoms with Gasteiger partial charge in [0.2, 0.25) is 0 Å². The highest BCUT2D eigenvalue weighted by atomic mass is 16.6. The lowest BCUT2D eigenvalue weighted by molar-refractivity contribution is -0.385. The SMILES string of the molecule is CCCC(=O)C1C(=O)c2cccc([N+](=O)[O-])c2C1=O. The van der Waals surface area contributed by atoms with Crippen molar-refractivity contribution in [1.82, 2.24) is 0 Å². The van der Waals surface area contributed by atoms with E-state index in [9.17, 15) is 24.5 Å². The molecule has 1 atom stereocenters. The summed E-state index contributed by atoms with van der Waals surface area (Å²) in [6, 6.07) is 3.85. The van der Waals surface area contributed by atoms with Crippen molar-refractivity contribution in [2.75, 3.05) is 0 Å². The maximum Gasteiger partial charge on any atom is 0.280 e. The number of fused-ring (bicyclic) bond motifs is 1. The Labute approximate surface area is 108 Å². The topological polar surface area (TPSA) is 94.3 Å². The van der Waals surface area contributed by atoms with Gasteiger partial charge in [0.1, 0.15) is 11.5 Å². The van der Waals surface area contributed by atoms with Gasteiger partial charge in [-0.2, -0.15) is 0 Å². The van der Waals surface area contributed by atoms with Crippen LogP contribution in [0.1, 0.15) is 40.5 Å². The number of hydrogen-bond donors (Lipinski definition) is 0. The predicted octanol–water partition coefficient (Wildman–Crippen LogP) is 1.96. The molecule has 1 aromatic carbocycles. The molecule has 0 N–H and O–H groups in total. The maximum atomic E-state index is 12.1. The van der Waals surface area contributed by atoms with Gasteiger partial charge in [-0.05, 0) is 6.42 Å². The summed E-state index contributed by atoms with van der Waals surface area (Å²) in [4.78, 5) is 46.1. The van der Waals surface area contributed by atoms with Gasteiger partial charge in [-0.3, -0.25) is 24.5 Å². The van der Waals surface area contributed by atoms with Gasteiger partial charge >= 0.3 is 0 Å². The number of hydrogen-bond acceptors (Lipinski definition) is 5. The molecule has 1 aliphatic rings. The zero-order valence-corrected chi connectivity index (χ0v) is 10.2. The highest BCUT2D eigenvalue weighted by Crippen LogP contribution is 2.34. The molecule has 0 amide bonds. The number of nitro groups is 1. The van der Waals surface area contributed by atoms with E-state index in [2.05, 4.69) is 0 Å². The van der Waals surface area contributed by atoms with Crippen molar-refractivity contribution in [3.8, 4) is 0 Å². The smallest absolute Gasteiger partial charge is 0.280 e. The normalized spacial score (nSPS) is 17.4. The van der Waals surface area contributed by atoms with E-state index >= 15 is 0 Å². The molecule has 1 aromatic rings. The van der Waals surface area contributed by atoms with Gasteiger partial charge in [-0.25, -0.2) is 0 Å². The summed E-state index contributed by atoms with van der Waals surface area (Å²) in [7, 11) is 0. The van der Waals surface area contributed by atoms with E-state index in [1.54, 1.807) is 6.92 Å². The lowest BCUT2D eigenvalue weighted by Crippen LogP contribution is -2.25. The Hall–Kier alpha value is -2.37. The standard InChI is InChI=1S/C13H11NO5/c1-2-4-9(15)11-12(16)7-5-3-6-8(14(18)19)10(7)13(11)17/h3,5-6,11H,2,4H2,1H3. The number of carbonyl (C=O) groups excluding carboxylic acids is 3. The fourth-order valence-corrected chi connectivity index (χ4v) is 2.26. The molecule has 1 aliphatic carbocycles. The van der Waals surface area contributed by atoms with Crippen LogP contribution in [0.2, 0.25) is 0 Å². The largest absolute Gasteiger partial charge is 0.298 e. The Morgan fingerprint density at radius 2 is 2.00 bits per heavy atom. The molecule has 0 saturated carbocycles. The molecule has 2 rings (SSSR count). The van der Waals surface area contributed by atoms with Crippen molar-refractivity contribution in [3.05, 3.63) is 39.4 Å². The first-order chi connectivity index (χ1) is 8.99. The van der Waals surface area contributed by atoms with Crippen LogP contribution < -0.4 is 0 Å². The van der Waals surface area contributed by atoms with E-state index in [0.29, 0.717) is 6.42 Å². The van der Waals surface area contributed by atoms with Crippen LogP contribution in [0.5, 0.6) is 0 Å². The molecule has 0 radical (unpaired) electrons. The molecule has 1 unspecified atom stereocenters. The number of benzene rings is 1. The lowest BCUT2D eigenvalue weighted by atomic mass is 9.95. The van der Waals surface area contributed by atoms with Gasteiger partial charge in [0, 0.05) is 18.1 Å². The minimum absolute atomic E-state index is 0.0198. The van der Waals surface area contributed by atoms with E-state index in [-0.39, 0.29) is 17.5 Å². The van der Waals surface area contributed by atoms with Gasteiger partial charge in [0.05, 0.1) is 4.92 Å². The summed E-state index contributed by atoms with van der Waals surface area (Å²) in [5.74, 6) is -3.23. The van der Waals surface area contributed by atoms with Crippen LogP contribution in [-0.4, -0.2) is 22.3 Å². The molecule has 0 bridgehead atoms. The van der Waals surface area contributed by atoms with E-state index in [0.717, 1.165) is 6.07 Å². The van der Waals surface area contributed by atoms with E-state index in [1.165, 1.54) is 12.1 Å². The summed E-state index contributed by atoms with van der Waals surface area (Å²) >= 11 is 0. The van der Waals surface area contributed by atoms with E-state index in [1.807, 2.05) is 0 Å². The molecule has 19 heavy (non-hydrogen) atoms. The van der Waals surface area contributed by atoms with Crippen LogP contribution in [0.15, 0.2) is 18.2 Å². The predicted molar refractivity (Wildman–Crippen MR) is 65.2 cm³/mol. The molecular formula is C13H11NO5. The number of Topliss-reactive ketones (excluding diaryl/α,β-unsaturated/α-hetero) is 3. The summed E-state index contributed by atoms with van der Waals surface area (Å²) in [6.07, 6.45) is 0.637. The van der Waals surface area contributed by atoms with Crippen molar-refractivity contribution in [1.29, 1.82) is 0 Å². The van der Waals surface area contributed by atoms with Crippen molar-refractivity contribution in [2.24, 2.45) is 5.92 Å². The van der Waals surface area contributed by atoms with Crippen LogP contribution in [0, 0.1) is 16.0 Å². The zero-order chi connectivity index (χ0) is 14.2. The highest BCUT2D eigenvalue weighted by Gasteiger charge is 2.46. The minimum Gasteiger partial charge on any atom is -0.298 e. The molecular weight excluding hydrogens is 250 g/mol. The average molecular weight is 261 g/mol. The first kappa shape index (κ1) is 13.1. The van der Waals surface area contributed by atoms with Crippen LogP contribution in [0.3, 0.4) is 0 Å². The maximum absolute atomic E-state index is 12.1. The molecule has 0 fully saturated rings. The van der Waals surface area contributed by atoms with Gasteiger partial charge < -0.3 is 0 Å². The zero-order valence-electron chi connectivity index (χ0n) is 10.2. The first-order valence-electron chi connectivity index (χ1n) is 5.87. The Kier molecular flexibility index (Phi) is 3.25. The van der Waals surface area contributed by atoms with Gasteiger partial charge in [0.25, 0.3) is 5.69 Å². The number of nitro benzene ring substituents is 1. The van der Waals surface area contributed by atoms with Crippen LogP contribution in [0.25, 0.3) is 0 Å². The van der Waals surface area contributed by atoms with Crippen molar-refractivity contribution >= 4 is 23.0 Å². The van der Waals surface area contributed by atoms with E-state index < -0.39 is 33.9 Å². The third-order valence-electron chi connectivity index (χ3n) is 3.09. The quantitative estimate of drug-likeness (QED) is 0.469. The van der Waals surface area contributed by atoms with Gasteiger partial charge in [-0.1, -0.05) is 19.1 Å². The Balaban J connectivity index is 2.53. The second-order valence-electron chi connectivity index (χ2n) is 4.33.